The number of hydrogen-bond acceptors (Lipinski definition) is 1. The van der Waals surface area contributed by atoms with Crippen LogP contribution >= 0.6 is 45.2 Å². The predicted octanol–water partition coefficient (Wildman–Crippen LogP) is 2.46. The lowest BCUT2D eigenvalue weighted by molar-refractivity contribution is 1.00. The molecule has 0 rings (SSSR count). The van der Waals surface area contributed by atoms with Crippen LogP contribution in [0.25, 0.3) is 0 Å². The van der Waals surface area contributed by atoms with Gasteiger partial charge in [0.15, 0.2) is 3.84 Å². The van der Waals surface area contributed by atoms with Crippen molar-refractivity contribution >= 4 is 49.0 Å². The molecule has 0 aromatic rings. The second-order valence-electron chi connectivity index (χ2n) is 1.72. The Balaban J connectivity index is 3.66. The summed E-state index contributed by atoms with van der Waals surface area (Å²) in [5, 5.41) is 0. The Morgan fingerprint density at radius 1 is 1.80 bits per heavy atom. The Morgan fingerprint density at radius 3 is 2.80 bits per heavy atom. The minimum atomic E-state index is 0.567. The lowest BCUT2D eigenvalue weighted by Gasteiger charge is -1.94. The third-order valence-electron chi connectivity index (χ3n) is 0.883. The predicted molar refractivity (Wildman–Crippen MR) is 62.9 cm³/mol. The van der Waals surface area contributed by atoms with Crippen LogP contribution in [-0.2, 0) is 0 Å². The standard InChI is InChI=1S/C6H10I2N2/c1-2-5(7)3-4-10-6(8)9/h3-5H,2H2,1H3,(H2,9,10)/b4-3-. The van der Waals surface area contributed by atoms with Gasteiger partial charge in [0.1, 0.15) is 0 Å². The molecule has 0 aliphatic carbocycles. The Kier molecular flexibility index (Phi) is 6.81. The monoisotopic (exact) mass is 364 g/mol. The molecule has 0 amide bonds. The fourth-order valence-corrected chi connectivity index (χ4v) is 0.690. The second-order valence-corrected chi connectivity index (χ2v) is 4.42. The largest absolute Gasteiger partial charge is 0.379 e. The molecular formula is C6H10I2N2. The molecule has 2 N–H and O–H groups in total. The summed E-state index contributed by atoms with van der Waals surface area (Å²) < 4.78 is 1.14. The topological polar surface area (TPSA) is 38.4 Å². The Hall–Kier alpha value is 0.670. The fraction of sp³-hybridized carbons (Fsp3) is 0.500. The summed E-state index contributed by atoms with van der Waals surface area (Å²) >= 11 is 4.33. The second kappa shape index (κ2) is 6.38. The Bertz CT molecular complexity index is 139. The average Bonchev–Trinajstić information content (AvgIpc) is 1.87. The molecule has 0 bridgehead atoms. The highest BCUT2D eigenvalue weighted by Crippen LogP contribution is 2.06. The number of halogens is 2. The molecule has 58 valence electrons. The van der Waals surface area contributed by atoms with E-state index in [0.29, 0.717) is 7.77 Å². The molecule has 0 heterocycles. The third kappa shape index (κ3) is 6.79. The highest BCUT2D eigenvalue weighted by molar-refractivity contribution is 14.1. The van der Waals surface area contributed by atoms with E-state index < -0.39 is 0 Å². The molecule has 0 fully saturated rings. The molecule has 0 aliphatic rings. The molecule has 4 heteroatoms. The van der Waals surface area contributed by atoms with Gasteiger partial charge in [-0.1, -0.05) is 35.6 Å². The third-order valence-corrected chi connectivity index (χ3v) is 2.46. The van der Waals surface area contributed by atoms with Gasteiger partial charge in [0.2, 0.25) is 0 Å². The summed E-state index contributed by atoms with van der Waals surface area (Å²) in [6.07, 6.45) is 4.92. The number of alkyl halides is 1. The van der Waals surface area contributed by atoms with Crippen LogP contribution in [0.5, 0.6) is 0 Å². The highest BCUT2D eigenvalue weighted by Gasteiger charge is 1.90. The number of rotatable bonds is 3. The zero-order chi connectivity index (χ0) is 7.98. The molecule has 0 aromatic heterocycles. The molecule has 2 nitrogen and oxygen atoms in total. The quantitative estimate of drug-likeness (QED) is 0.270. The van der Waals surface area contributed by atoms with Crippen molar-refractivity contribution in [2.24, 2.45) is 10.7 Å². The minimum absolute atomic E-state index is 0.567. The van der Waals surface area contributed by atoms with E-state index in [1.165, 1.54) is 0 Å². The summed E-state index contributed by atoms with van der Waals surface area (Å²) in [6.45, 7) is 2.14. The first-order chi connectivity index (χ1) is 4.66. The van der Waals surface area contributed by atoms with Gasteiger partial charge in [0, 0.05) is 10.1 Å². The maximum atomic E-state index is 5.30. The number of allylic oxidation sites excluding steroid dienone is 1. The average molecular weight is 364 g/mol. The molecular weight excluding hydrogens is 354 g/mol. The van der Waals surface area contributed by atoms with Crippen LogP contribution in [0, 0.1) is 0 Å². The van der Waals surface area contributed by atoms with Gasteiger partial charge >= 0.3 is 0 Å². The molecule has 0 radical (unpaired) electrons. The van der Waals surface area contributed by atoms with Crippen LogP contribution < -0.4 is 5.73 Å². The Morgan fingerprint density at radius 2 is 2.40 bits per heavy atom. The van der Waals surface area contributed by atoms with Crippen LogP contribution in [0.1, 0.15) is 13.3 Å². The van der Waals surface area contributed by atoms with E-state index in [4.69, 9.17) is 5.73 Å². The van der Waals surface area contributed by atoms with Gasteiger partial charge in [-0.15, -0.1) is 0 Å². The Labute approximate surface area is 88.6 Å². The first-order valence-corrected chi connectivity index (χ1v) is 5.28. The van der Waals surface area contributed by atoms with Crippen LogP contribution in [0.3, 0.4) is 0 Å². The molecule has 0 saturated carbocycles. The van der Waals surface area contributed by atoms with Gasteiger partial charge in [-0.3, -0.25) is 0 Å². The van der Waals surface area contributed by atoms with Crippen LogP contribution in [0.15, 0.2) is 17.3 Å². The van der Waals surface area contributed by atoms with Gasteiger partial charge in [-0.25, -0.2) is 4.99 Å². The van der Waals surface area contributed by atoms with E-state index in [1.807, 2.05) is 28.7 Å². The van der Waals surface area contributed by atoms with E-state index in [-0.39, 0.29) is 0 Å². The van der Waals surface area contributed by atoms with Crippen LogP contribution in [-0.4, -0.2) is 7.77 Å². The van der Waals surface area contributed by atoms with Gasteiger partial charge in [-0.2, -0.15) is 0 Å². The van der Waals surface area contributed by atoms with Crippen molar-refractivity contribution in [3.63, 3.8) is 0 Å². The number of nitrogens with zero attached hydrogens (tertiary/aromatic N) is 1. The van der Waals surface area contributed by atoms with Gasteiger partial charge in [0.05, 0.1) is 0 Å². The van der Waals surface area contributed by atoms with E-state index in [0.717, 1.165) is 6.42 Å². The normalized spacial score (nSPS) is 16.1. The number of amidine groups is 1. The van der Waals surface area contributed by atoms with Gasteiger partial charge in [-0.05, 0) is 29.0 Å². The number of hydrogen-bond donors (Lipinski definition) is 1. The zero-order valence-corrected chi connectivity index (χ0v) is 10.0. The number of nitrogens with two attached hydrogens (primary N) is 1. The maximum absolute atomic E-state index is 5.30. The molecule has 0 saturated heterocycles. The molecule has 0 spiro atoms. The first-order valence-electron chi connectivity index (χ1n) is 2.96. The molecule has 0 aromatic carbocycles. The summed E-state index contributed by atoms with van der Waals surface area (Å²) in [6, 6.07) is 0. The molecule has 1 unspecified atom stereocenters. The first kappa shape index (κ1) is 10.7. The van der Waals surface area contributed by atoms with Crippen molar-refractivity contribution in [2.45, 2.75) is 17.3 Å². The van der Waals surface area contributed by atoms with Crippen molar-refractivity contribution < 1.29 is 0 Å². The van der Waals surface area contributed by atoms with Crippen molar-refractivity contribution in [3.8, 4) is 0 Å². The summed E-state index contributed by atoms with van der Waals surface area (Å²) in [5.74, 6) is 0. The van der Waals surface area contributed by atoms with E-state index >= 15 is 0 Å². The summed E-state index contributed by atoms with van der Waals surface area (Å²) in [4.78, 5) is 3.91. The molecule has 1 atom stereocenters. The van der Waals surface area contributed by atoms with Gasteiger partial charge < -0.3 is 5.73 Å². The molecule has 10 heavy (non-hydrogen) atoms. The van der Waals surface area contributed by atoms with Crippen molar-refractivity contribution in [3.05, 3.63) is 12.3 Å². The number of aliphatic imine (C=N–C) groups is 1. The molecule has 0 aliphatic heterocycles. The van der Waals surface area contributed by atoms with Crippen LogP contribution in [0.4, 0.5) is 0 Å². The summed E-state index contributed by atoms with van der Waals surface area (Å²) in [7, 11) is 0. The van der Waals surface area contributed by atoms with Crippen molar-refractivity contribution in [1.82, 2.24) is 0 Å². The minimum Gasteiger partial charge on any atom is -0.379 e. The van der Waals surface area contributed by atoms with Gasteiger partial charge in [0.25, 0.3) is 0 Å². The van der Waals surface area contributed by atoms with Crippen molar-refractivity contribution in [1.29, 1.82) is 0 Å². The van der Waals surface area contributed by atoms with E-state index in [2.05, 4.69) is 34.5 Å². The maximum Gasteiger partial charge on any atom is 0.161 e. The smallest absolute Gasteiger partial charge is 0.161 e. The lowest BCUT2D eigenvalue weighted by Crippen LogP contribution is -1.98. The van der Waals surface area contributed by atoms with Crippen molar-refractivity contribution in [2.75, 3.05) is 0 Å². The van der Waals surface area contributed by atoms with Crippen LogP contribution in [0.2, 0.25) is 0 Å². The zero-order valence-electron chi connectivity index (χ0n) is 5.72. The van der Waals surface area contributed by atoms with E-state index in [1.54, 1.807) is 6.20 Å². The summed E-state index contributed by atoms with van der Waals surface area (Å²) in [5.41, 5.74) is 5.30. The fourth-order valence-electron chi connectivity index (χ4n) is 0.344. The van der Waals surface area contributed by atoms with E-state index in [9.17, 15) is 0 Å². The lowest BCUT2D eigenvalue weighted by atomic mass is 10.3. The highest BCUT2D eigenvalue weighted by atomic mass is 127. The SMILES string of the molecule is CCC(I)/C=C\N=C(N)I.